The fourth-order valence-electron chi connectivity index (χ4n) is 2.46. The fourth-order valence-corrected chi connectivity index (χ4v) is 2.46. The van der Waals surface area contributed by atoms with Gasteiger partial charge in [-0.15, -0.1) is 0 Å². The van der Waals surface area contributed by atoms with Crippen LogP contribution >= 0.6 is 0 Å². The summed E-state index contributed by atoms with van der Waals surface area (Å²) in [4.78, 5) is 0. The van der Waals surface area contributed by atoms with Crippen LogP contribution < -0.4 is 10.1 Å². The van der Waals surface area contributed by atoms with Crippen molar-refractivity contribution in [2.75, 3.05) is 26.8 Å². The number of hydrogen-bond acceptors (Lipinski definition) is 3. The SMILES string of the molecule is CCCNCC(OCC(C)CCC)c1ccccc1OC. The van der Waals surface area contributed by atoms with Crippen molar-refractivity contribution in [2.24, 2.45) is 5.92 Å². The van der Waals surface area contributed by atoms with E-state index in [2.05, 4.69) is 32.2 Å². The molecule has 0 saturated carbocycles. The van der Waals surface area contributed by atoms with E-state index in [-0.39, 0.29) is 6.10 Å². The van der Waals surface area contributed by atoms with Gasteiger partial charge >= 0.3 is 0 Å². The number of rotatable bonds is 11. The average Bonchev–Trinajstić information content (AvgIpc) is 2.51. The smallest absolute Gasteiger partial charge is 0.124 e. The van der Waals surface area contributed by atoms with E-state index in [1.54, 1.807) is 7.11 Å². The van der Waals surface area contributed by atoms with Gasteiger partial charge in [-0.1, -0.05) is 45.4 Å². The third kappa shape index (κ3) is 6.49. The van der Waals surface area contributed by atoms with Crippen LogP contribution in [0.2, 0.25) is 0 Å². The van der Waals surface area contributed by atoms with Crippen LogP contribution in [0.4, 0.5) is 0 Å². The molecule has 0 spiro atoms. The van der Waals surface area contributed by atoms with Crippen LogP contribution in [0.3, 0.4) is 0 Å². The van der Waals surface area contributed by atoms with Gasteiger partial charge in [0.2, 0.25) is 0 Å². The van der Waals surface area contributed by atoms with Gasteiger partial charge in [-0.3, -0.25) is 0 Å². The zero-order valence-electron chi connectivity index (χ0n) is 14.0. The van der Waals surface area contributed by atoms with Crippen LogP contribution in [0, 0.1) is 5.92 Å². The number of hydrogen-bond donors (Lipinski definition) is 1. The topological polar surface area (TPSA) is 30.5 Å². The zero-order valence-corrected chi connectivity index (χ0v) is 14.0. The van der Waals surface area contributed by atoms with E-state index in [0.717, 1.165) is 37.4 Å². The second-order valence-corrected chi connectivity index (χ2v) is 5.66. The highest BCUT2D eigenvalue weighted by atomic mass is 16.5. The summed E-state index contributed by atoms with van der Waals surface area (Å²) in [5.74, 6) is 1.50. The Morgan fingerprint density at radius 2 is 1.90 bits per heavy atom. The van der Waals surface area contributed by atoms with E-state index in [9.17, 15) is 0 Å². The number of benzene rings is 1. The van der Waals surface area contributed by atoms with Crippen molar-refractivity contribution < 1.29 is 9.47 Å². The second kappa shape index (κ2) is 10.6. The molecule has 0 radical (unpaired) electrons. The van der Waals surface area contributed by atoms with Crippen LogP contribution in [0.25, 0.3) is 0 Å². The molecule has 0 heterocycles. The Morgan fingerprint density at radius 1 is 1.14 bits per heavy atom. The first kappa shape index (κ1) is 18.0. The number of para-hydroxylation sites is 1. The molecule has 1 N–H and O–H groups in total. The van der Waals surface area contributed by atoms with Crippen molar-refractivity contribution in [1.29, 1.82) is 0 Å². The molecule has 0 amide bonds. The van der Waals surface area contributed by atoms with Crippen LogP contribution in [-0.4, -0.2) is 26.8 Å². The minimum absolute atomic E-state index is 0.0482. The number of nitrogens with one attached hydrogen (secondary N) is 1. The molecule has 1 aromatic carbocycles. The first-order valence-corrected chi connectivity index (χ1v) is 8.18. The summed E-state index contributed by atoms with van der Waals surface area (Å²) in [6.45, 7) is 9.28. The van der Waals surface area contributed by atoms with Gasteiger partial charge in [0.25, 0.3) is 0 Å². The molecule has 3 heteroatoms. The van der Waals surface area contributed by atoms with Crippen LogP contribution in [0.1, 0.15) is 51.7 Å². The van der Waals surface area contributed by atoms with Crippen molar-refractivity contribution in [3.05, 3.63) is 29.8 Å². The van der Waals surface area contributed by atoms with Crippen molar-refractivity contribution in [3.63, 3.8) is 0 Å². The van der Waals surface area contributed by atoms with Gasteiger partial charge in [-0.25, -0.2) is 0 Å². The molecule has 1 rings (SSSR count). The minimum Gasteiger partial charge on any atom is -0.496 e. The average molecular weight is 293 g/mol. The van der Waals surface area contributed by atoms with Crippen molar-refractivity contribution >= 4 is 0 Å². The maximum Gasteiger partial charge on any atom is 0.124 e. The van der Waals surface area contributed by atoms with E-state index in [1.165, 1.54) is 12.8 Å². The molecule has 0 fully saturated rings. The van der Waals surface area contributed by atoms with Gasteiger partial charge in [0.15, 0.2) is 0 Å². The molecule has 3 nitrogen and oxygen atoms in total. The summed E-state index contributed by atoms with van der Waals surface area (Å²) >= 11 is 0. The number of ether oxygens (including phenoxy) is 2. The lowest BCUT2D eigenvalue weighted by Crippen LogP contribution is -2.25. The first-order valence-electron chi connectivity index (χ1n) is 8.18. The van der Waals surface area contributed by atoms with Crippen molar-refractivity contribution in [1.82, 2.24) is 5.32 Å². The molecule has 21 heavy (non-hydrogen) atoms. The van der Waals surface area contributed by atoms with Gasteiger partial charge in [-0.2, -0.15) is 0 Å². The van der Waals surface area contributed by atoms with Gasteiger partial charge in [0.1, 0.15) is 5.75 Å². The Hall–Kier alpha value is -1.06. The van der Waals surface area contributed by atoms with E-state index < -0.39 is 0 Å². The molecule has 0 saturated heterocycles. The first-order chi connectivity index (χ1) is 10.2. The van der Waals surface area contributed by atoms with Gasteiger partial charge in [0.05, 0.1) is 19.8 Å². The summed E-state index contributed by atoms with van der Waals surface area (Å²) < 4.78 is 11.7. The second-order valence-electron chi connectivity index (χ2n) is 5.66. The molecule has 0 aliphatic carbocycles. The Labute approximate surface area is 130 Å². The summed E-state index contributed by atoms with van der Waals surface area (Å²) in [6.07, 6.45) is 3.59. The Morgan fingerprint density at radius 3 is 2.57 bits per heavy atom. The maximum atomic E-state index is 6.19. The quantitative estimate of drug-likeness (QED) is 0.621. The Kier molecular flexibility index (Phi) is 9.11. The lowest BCUT2D eigenvalue weighted by molar-refractivity contribution is 0.0287. The molecular weight excluding hydrogens is 262 g/mol. The molecule has 0 aromatic heterocycles. The van der Waals surface area contributed by atoms with Gasteiger partial charge < -0.3 is 14.8 Å². The third-order valence-corrected chi connectivity index (χ3v) is 3.61. The molecule has 120 valence electrons. The normalized spacial score (nSPS) is 13.9. The molecule has 1 aromatic rings. The highest BCUT2D eigenvalue weighted by Crippen LogP contribution is 2.27. The highest BCUT2D eigenvalue weighted by molar-refractivity contribution is 5.35. The monoisotopic (exact) mass is 293 g/mol. The van der Waals surface area contributed by atoms with Crippen LogP contribution in [-0.2, 0) is 4.74 Å². The molecule has 0 bridgehead atoms. The van der Waals surface area contributed by atoms with E-state index in [4.69, 9.17) is 9.47 Å². The third-order valence-electron chi connectivity index (χ3n) is 3.61. The van der Waals surface area contributed by atoms with E-state index in [0.29, 0.717) is 5.92 Å². The highest BCUT2D eigenvalue weighted by Gasteiger charge is 2.17. The zero-order chi connectivity index (χ0) is 15.5. The fraction of sp³-hybridized carbons (Fsp3) is 0.667. The summed E-state index contributed by atoms with van der Waals surface area (Å²) in [6, 6.07) is 8.14. The lowest BCUT2D eigenvalue weighted by atomic mass is 10.1. The van der Waals surface area contributed by atoms with Crippen molar-refractivity contribution in [3.8, 4) is 5.75 Å². The van der Waals surface area contributed by atoms with E-state index >= 15 is 0 Å². The predicted octanol–water partition coefficient (Wildman–Crippen LogP) is 4.19. The molecule has 0 aliphatic heterocycles. The minimum atomic E-state index is 0.0482. The van der Waals surface area contributed by atoms with Crippen LogP contribution in [0.5, 0.6) is 5.75 Å². The lowest BCUT2D eigenvalue weighted by Gasteiger charge is -2.23. The Bertz CT molecular complexity index is 381. The van der Waals surface area contributed by atoms with E-state index in [1.807, 2.05) is 18.2 Å². The maximum absolute atomic E-state index is 6.19. The Balaban J connectivity index is 2.71. The summed E-state index contributed by atoms with van der Waals surface area (Å²) in [5, 5.41) is 3.46. The molecule has 0 aliphatic rings. The summed E-state index contributed by atoms with van der Waals surface area (Å²) in [5.41, 5.74) is 1.13. The predicted molar refractivity (Wildman–Crippen MR) is 88.9 cm³/mol. The molecule has 2 atom stereocenters. The molecule has 2 unspecified atom stereocenters. The standard InChI is InChI=1S/C18H31NO2/c1-5-9-15(3)14-21-18(13-19-12-6-2)16-10-7-8-11-17(16)20-4/h7-8,10-11,15,18-19H,5-6,9,12-14H2,1-4H3. The van der Waals surface area contributed by atoms with Crippen LogP contribution in [0.15, 0.2) is 24.3 Å². The number of methoxy groups -OCH3 is 1. The summed E-state index contributed by atoms with van der Waals surface area (Å²) in [7, 11) is 1.72. The van der Waals surface area contributed by atoms with Gasteiger partial charge in [0, 0.05) is 12.1 Å². The van der Waals surface area contributed by atoms with Gasteiger partial charge in [-0.05, 0) is 31.4 Å². The largest absolute Gasteiger partial charge is 0.496 e. The molecular formula is C18H31NO2. The van der Waals surface area contributed by atoms with Crippen molar-refractivity contribution in [2.45, 2.75) is 46.1 Å².